The third-order valence-electron chi connectivity index (χ3n) is 10.3. The molecule has 0 aliphatic carbocycles. The Balaban J connectivity index is 0.00000480. The third kappa shape index (κ3) is 7.62. The molecule has 0 saturated heterocycles. The molecule has 0 aliphatic heterocycles. The Bertz CT molecular complexity index is 2670. The number of nitrogens with zero attached hydrogens (tertiary/aromatic N) is 4. The van der Waals surface area contributed by atoms with Crippen LogP contribution in [0.1, 0.15) is 79.1 Å². The molecule has 0 spiro atoms. The molecule has 8 rings (SSSR count). The number of hydrogen-bond acceptors (Lipinski definition) is 2. The normalized spacial score (nSPS) is 12.2. The number of ether oxygens (including phenoxy) is 1. The fourth-order valence-electron chi connectivity index (χ4n) is 7.14. The van der Waals surface area contributed by atoms with Gasteiger partial charge in [-0.15, -0.1) is 35.2 Å². The first-order chi connectivity index (χ1) is 26.1. The number of rotatable bonds is 6. The second-order valence-electron chi connectivity index (χ2n) is 17.5. The molecule has 0 aliphatic rings. The molecular weight excluding hydrogens is 868 g/mol. The molecule has 286 valence electrons. The van der Waals surface area contributed by atoms with E-state index >= 15 is 0 Å². The first-order valence-corrected chi connectivity index (χ1v) is 19.0. The minimum absolute atomic E-state index is 0. The Kier molecular flexibility index (Phi) is 10.2. The van der Waals surface area contributed by atoms with Gasteiger partial charge in [-0.1, -0.05) is 128 Å². The van der Waals surface area contributed by atoms with Gasteiger partial charge in [0.1, 0.15) is 5.82 Å². The van der Waals surface area contributed by atoms with Gasteiger partial charge >= 0.3 is 0 Å². The number of fused-ring (bicyclic) bond motifs is 3. The van der Waals surface area contributed by atoms with Gasteiger partial charge in [-0.25, -0.2) is 4.98 Å². The molecular formula is C50H48N4OPt-2. The van der Waals surface area contributed by atoms with Gasteiger partial charge < -0.3 is 13.9 Å². The van der Waals surface area contributed by atoms with Crippen LogP contribution in [0.5, 0.6) is 11.5 Å². The zero-order chi connectivity index (χ0) is 38.7. The number of aromatic nitrogens is 4. The van der Waals surface area contributed by atoms with Crippen LogP contribution in [0.25, 0.3) is 50.1 Å². The van der Waals surface area contributed by atoms with Crippen molar-refractivity contribution in [2.75, 3.05) is 0 Å². The Labute approximate surface area is 345 Å². The Morgan fingerprint density at radius 3 is 2.00 bits per heavy atom. The molecule has 3 aromatic heterocycles. The minimum Gasteiger partial charge on any atom is -0.510 e. The van der Waals surface area contributed by atoms with Crippen molar-refractivity contribution in [3.8, 4) is 39.8 Å². The van der Waals surface area contributed by atoms with Gasteiger partial charge in [0.25, 0.3) is 6.33 Å². The first kappa shape index (κ1) is 39.0. The number of pyridine rings is 1. The quantitative estimate of drug-likeness (QED) is 0.123. The molecule has 8 aromatic rings. The molecule has 0 radical (unpaired) electrons. The summed E-state index contributed by atoms with van der Waals surface area (Å²) < 4.78 is 13.2. The van der Waals surface area contributed by atoms with Gasteiger partial charge in [0, 0.05) is 50.5 Å². The van der Waals surface area contributed by atoms with Crippen molar-refractivity contribution in [2.24, 2.45) is 0 Å². The van der Waals surface area contributed by atoms with Crippen LogP contribution in [-0.2, 0) is 37.3 Å². The smallest absolute Gasteiger partial charge is 0.267 e. The molecule has 5 nitrogen and oxygen atoms in total. The van der Waals surface area contributed by atoms with Gasteiger partial charge in [-0.3, -0.25) is 4.57 Å². The Morgan fingerprint density at radius 2 is 1.30 bits per heavy atom. The molecule has 3 heterocycles. The van der Waals surface area contributed by atoms with E-state index < -0.39 is 0 Å². The zero-order valence-electron chi connectivity index (χ0n) is 33.6. The molecule has 0 saturated carbocycles. The van der Waals surface area contributed by atoms with Crippen LogP contribution in [0, 0.1) is 18.5 Å². The van der Waals surface area contributed by atoms with Crippen LogP contribution in [-0.4, -0.2) is 14.1 Å². The van der Waals surface area contributed by atoms with E-state index in [4.69, 9.17) is 9.72 Å². The van der Waals surface area contributed by atoms with Gasteiger partial charge in [0.2, 0.25) is 0 Å². The maximum atomic E-state index is 6.76. The van der Waals surface area contributed by atoms with Crippen LogP contribution < -0.4 is 9.30 Å². The fraction of sp³-hybridized carbons (Fsp3) is 0.240. The van der Waals surface area contributed by atoms with E-state index in [1.165, 1.54) is 11.1 Å². The number of benzene rings is 5. The standard InChI is InChI=1S/C50H48N4O.Pt/c1-48(2,3)36-19-21-38(22-20-36)52-32-46(50(7,8)9)53(33-52)39-27-35(34-15-11-10-12-16-34)28-41(30-39)55-40-23-24-43-42-17-13-14-18-44(42)54(45(43)31-40)47-29-37(25-26-51-47)49(4,5)6;/h10-29,32H,1-9H3;/q-2;. The van der Waals surface area contributed by atoms with Crippen LogP contribution in [0.4, 0.5) is 0 Å². The largest absolute Gasteiger partial charge is 0.510 e. The number of para-hydroxylation sites is 1. The zero-order valence-corrected chi connectivity index (χ0v) is 35.9. The predicted molar refractivity (Wildman–Crippen MR) is 224 cm³/mol. The SMILES string of the molecule is CC(C)(C)c1ccc(-[n+]2[c-]n(-c3[c-]c(Oc4[c-]c5c(cc4)c4ccccc4n5-c4cc(C(C)(C)C)ccn4)cc(-c4ccccc4)c3)c(C(C)(C)C)c2)cc1.[Pt]. The average molecular weight is 916 g/mol. The molecule has 0 amide bonds. The monoisotopic (exact) mass is 915 g/mol. The summed E-state index contributed by atoms with van der Waals surface area (Å²) in [5.41, 5.74) is 9.45. The number of hydrogen-bond donors (Lipinski definition) is 0. The maximum Gasteiger partial charge on any atom is 0.267 e. The van der Waals surface area contributed by atoms with E-state index in [2.05, 4.69) is 204 Å². The fourth-order valence-corrected chi connectivity index (χ4v) is 7.14. The van der Waals surface area contributed by atoms with Gasteiger partial charge in [-0.05, 0) is 74.3 Å². The van der Waals surface area contributed by atoms with Crippen molar-refractivity contribution in [2.45, 2.75) is 78.6 Å². The second-order valence-corrected chi connectivity index (χ2v) is 17.5. The van der Waals surface area contributed by atoms with E-state index in [1.54, 1.807) is 0 Å². The molecule has 0 fully saturated rings. The Morgan fingerprint density at radius 1 is 0.607 bits per heavy atom. The predicted octanol–water partition coefficient (Wildman–Crippen LogP) is 12.0. The van der Waals surface area contributed by atoms with E-state index in [0.29, 0.717) is 11.5 Å². The second kappa shape index (κ2) is 14.7. The minimum atomic E-state index is -0.185. The van der Waals surface area contributed by atoms with E-state index in [0.717, 1.165) is 55.8 Å². The van der Waals surface area contributed by atoms with Crippen molar-refractivity contribution < 1.29 is 30.4 Å². The number of imidazole rings is 1. The maximum absolute atomic E-state index is 6.76. The van der Waals surface area contributed by atoms with Crippen LogP contribution >= 0.6 is 0 Å². The Hall–Kier alpha value is -5.25. The van der Waals surface area contributed by atoms with Crippen LogP contribution in [0.3, 0.4) is 0 Å². The van der Waals surface area contributed by atoms with Crippen molar-refractivity contribution in [1.82, 2.24) is 14.1 Å². The van der Waals surface area contributed by atoms with E-state index in [-0.39, 0.29) is 37.3 Å². The average Bonchev–Trinajstić information content (AvgIpc) is 3.75. The molecule has 6 heteroatoms. The summed E-state index contributed by atoms with van der Waals surface area (Å²) in [6.45, 7) is 20.1. The van der Waals surface area contributed by atoms with Gasteiger partial charge in [0.05, 0.1) is 11.4 Å². The van der Waals surface area contributed by atoms with Crippen molar-refractivity contribution in [1.29, 1.82) is 0 Å². The van der Waals surface area contributed by atoms with Crippen molar-refractivity contribution >= 4 is 21.8 Å². The summed E-state index contributed by atoms with van der Waals surface area (Å²) in [4.78, 5) is 4.85. The van der Waals surface area contributed by atoms with Gasteiger partial charge in [0.15, 0.2) is 0 Å². The third-order valence-corrected chi connectivity index (χ3v) is 10.3. The first-order valence-electron chi connectivity index (χ1n) is 19.0. The summed E-state index contributed by atoms with van der Waals surface area (Å²) in [7, 11) is 0. The van der Waals surface area contributed by atoms with Crippen LogP contribution in [0.2, 0.25) is 0 Å². The molecule has 0 unspecified atom stereocenters. The summed E-state index contributed by atoms with van der Waals surface area (Å²) in [6.07, 6.45) is 7.74. The molecule has 0 N–H and O–H groups in total. The topological polar surface area (TPSA) is 35.9 Å². The van der Waals surface area contributed by atoms with E-state index in [1.807, 2.05) is 18.3 Å². The molecule has 5 aromatic carbocycles. The van der Waals surface area contributed by atoms with Crippen molar-refractivity contribution in [3.05, 3.63) is 163 Å². The van der Waals surface area contributed by atoms with Crippen molar-refractivity contribution in [3.63, 3.8) is 0 Å². The molecule has 0 bridgehead atoms. The summed E-state index contributed by atoms with van der Waals surface area (Å²) in [5, 5.41) is 2.23. The van der Waals surface area contributed by atoms with Gasteiger partial charge in [-0.2, -0.15) is 12.1 Å². The molecule has 0 atom stereocenters. The molecule has 56 heavy (non-hydrogen) atoms. The summed E-state index contributed by atoms with van der Waals surface area (Å²) in [6, 6.07) is 47.5. The van der Waals surface area contributed by atoms with Crippen LogP contribution in [0.15, 0.2) is 128 Å². The summed E-state index contributed by atoms with van der Waals surface area (Å²) in [5.74, 6) is 2.04. The summed E-state index contributed by atoms with van der Waals surface area (Å²) >= 11 is 0. The van der Waals surface area contributed by atoms with E-state index in [9.17, 15) is 0 Å².